The van der Waals surface area contributed by atoms with E-state index in [0.29, 0.717) is 17.2 Å². The molecule has 0 unspecified atom stereocenters. The van der Waals surface area contributed by atoms with Crippen LogP contribution in [0.25, 0.3) is 22.3 Å². The summed E-state index contributed by atoms with van der Waals surface area (Å²) in [4.78, 5) is 19.8. The predicted molar refractivity (Wildman–Crippen MR) is 119 cm³/mol. The number of hydrogen-bond donors (Lipinski definition) is 1. The lowest BCUT2D eigenvalue weighted by Gasteiger charge is -2.22. The second-order valence-corrected chi connectivity index (χ2v) is 8.20. The highest BCUT2D eigenvalue weighted by atomic mass is 16.5. The number of nitrogens with one attached hydrogen (secondary N) is 1. The van der Waals surface area contributed by atoms with E-state index in [1.807, 2.05) is 41.4 Å². The molecule has 2 atom stereocenters. The summed E-state index contributed by atoms with van der Waals surface area (Å²) in [6, 6.07) is 13.8. The van der Waals surface area contributed by atoms with Crippen LogP contribution in [0.4, 0.5) is 0 Å². The molecular weight excluding hydrogens is 390 g/mol. The number of rotatable bonds is 5. The number of nitrogens with zero attached hydrogens (tertiary/aromatic N) is 4. The number of likely N-dealkylation sites (tertiary alicyclic amines) is 1. The fraction of sp³-hybridized carbons (Fsp3) is 0.292. The summed E-state index contributed by atoms with van der Waals surface area (Å²) < 4.78 is 7.52. The fourth-order valence-corrected chi connectivity index (χ4v) is 4.54. The van der Waals surface area contributed by atoms with Gasteiger partial charge in [0.2, 0.25) is 0 Å². The molecule has 4 heterocycles. The molecule has 1 amide bonds. The van der Waals surface area contributed by atoms with Crippen LogP contribution in [0, 0.1) is 5.92 Å². The van der Waals surface area contributed by atoms with Crippen molar-refractivity contribution in [1.82, 2.24) is 24.6 Å². The summed E-state index contributed by atoms with van der Waals surface area (Å²) in [5, 5.41) is 6.83. The third-order valence-corrected chi connectivity index (χ3v) is 6.11. The Balaban J connectivity index is 1.32. The van der Waals surface area contributed by atoms with E-state index >= 15 is 0 Å². The van der Waals surface area contributed by atoms with Crippen LogP contribution in [0.5, 0.6) is 5.75 Å². The van der Waals surface area contributed by atoms with Gasteiger partial charge in [0, 0.05) is 42.7 Å². The summed E-state index contributed by atoms with van der Waals surface area (Å²) in [5.41, 5.74) is 4.63. The highest BCUT2D eigenvalue weighted by Gasteiger charge is 2.33. The summed E-state index contributed by atoms with van der Waals surface area (Å²) >= 11 is 0. The Morgan fingerprint density at radius 3 is 2.97 bits per heavy atom. The van der Waals surface area contributed by atoms with E-state index < -0.39 is 0 Å². The predicted octanol–water partition coefficient (Wildman–Crippen LogP) is 3.99. The minimum Gasteiger partial charge on any atom is -0.497 e. The van der Waals surface area contributed by atoms with Crippen molar-refractivity contribution in [2.24, 2.45) is 5.92 Å². The van der Waals surface area contributed by atoms with Crippen molar-refractivity contribution in [1.29, 1.82) is 0 Å². The summed E-state index contributed by atoms with van der Waals surface area (Å²) in [5.74, 6) is 1.17. The number of pyridine rings is 1. The van der Waals surface area contributed by atoms with Gasteiger partial charge in [-0.25, -0.2) is 4.98 Å². The number of methoxy groups -OCH3 is 1. The molecule has 1 aliphatic heterocycles. The van der Waals surface area contributed by atoms with Gasteiger partial charge in [0.05, 0.1) is 30.0 Å². The van der Waals surface area contributed by atoms with Crippen LogP contribution in [-0.2, 0) is 6.54 Å². The number of benzene rings is 1. The van der Waals surface area contributed by atoms with Crippen LogP contribution < -0.4 is 4.74 Å². The molecule has 0 saturated carbocycles. The first-order valence-electron chi connectivity index (χ1n) is 10.5. The third-order valence-electron chi connectivity index (χ3n) is 6.11. The van der Waals surface area contributed by atoms with Gasteiger partial charge in [-0.05, 0) is 55.7 Å². The largest absolute Gasteiger partial charge is 0.497 e. The zero-order chi connectivity index (χ0) is 21.4. The Morgan fingerprint density at radius 1 is 1.26 bits per heavy atom. The lowest BCUT2D eigenvalue weighted by atomic mass is 10.1. The van der Waals surface area contributed by atoms with Crippen molar-refractivity contribution >= 4 is 16.9 Å². The molecule has 0 radical (unpaired) electrons. The third kappa shape index (κ3) is 3.67. The zero-order valence-electron chi connectivity index (χ0n) is 17.7. The van der Waals surface area contributed by atoms with Crippen molar-refractivity contribution in [3.63, 3.8) is 0 Å². The van der Waals surface area contributed by atoms with Crippen LogP contribution in [0.1, 0.15) is 23.7 Å². The molecule has 5 rings (SSSR count). The first-order valence-corrected chi connectivity index (χ1v) is 10.5. The van der Waals surface area contributed by atoms with E-state index in [0.717, 1.165) is 41.8 Å². The van der Waals surface area contributed by atoms with Crippen LogP contribution >= 0.6 is 0 Å². The number of hydrogen-bond acceptors (Lipinski definition) is 4. The molecule has 1 fully saturated rings. The van der Waals surface area contributed by atoms with Crippen molar-refractivity contribution in [3.8, 4) is 17.0 Å². The number of H-pyrrole nitrogens is 1. The van der Waals surface area contributed by atoms with Crippen molar-refractivity contribution in [3.05, 3.63) is 66.6 Å². The summed E-state index contributed by atoms with van der Waals surface area (Å²) in [6.45, 7) is 3.74. The number of aromatic amines is 1. The van der Waals surface area contributed by atoms with E-state index in [1.165, 1.54) is 0 Å². The fourth-order valence-electron chi connectivity index (χ4n) is 4.54. The van der Waals surface area contributed by atoms with Crippen molar-refractivity contribution in [2.75, 3.05) is 13.7 Å². The van der Waals surface area contributed by atoms with E-state index in [-0.39, 0.29) is 11.9 Å². The number of fused-ring (bicyclic) bond motifs is 1. The van der Waals surface area contributed by atoms with Crippen LogP contribution in [0.2, 0.25) is 0 Å². The Morgan fingerprint density at radius 2 is 2.16 bits per heavy atom. The van der Waals surface area contributed by atoms with Crippen LogP contribution in [0.3, 0.4) is 0 Å². The van der Waals surface area contributed by atoms with Gasteiger partial charge in [-0.2, -0.15) is 5.10 Å². The Labute approximate surface area is 180 Å². The average Bonchev–Trinajstić information content (AvgIpc) is 3.54. The Hall–Kier alpha value is -3.61. The molecule has 0 spiro atoms. The Kier molecular flexibility index (Phi) is 4.94. The maximum atomic E-state index is 13.1. The van der Waals surface area contributed by atoms with Gasteiger partial charge in [0.15, 0.2) is 0 Å². The standard InChI is InChI=1S/C24H25N5O2/c1-16-10-17(15-29(16)24(30)18-4-3-5-20(11-18)31-2)14-28-9-8-22-23(28)7-6-21(27-22)19-12-25-26-13-19/h3-9,11-13,16-17H,10,14-15H2,1-2H3,(H,25,26)/t16-,17+/m0/s1. The molecule has 0 bridgehead atoms. The molecule has 1 aromatic carbocycles. The van der Waals surface area contributed by atoms with Crippen LogP contribution in [-0.4, -0.2) is 50.3 Å². The molecule has 1 N–H and O–H groups in total. The summed E-state index contributed by atoms with van der Waals surface area (Å²) in [7, 11) is 1.62. The number of aromatic nitrogens is 4. The highest BCUT2D eigenvalue weighted by Crippen LogP contribution is 2.29. The van der Waals surface area contributed by atoms with Crippen molar-refractivity contribution in [2.45, 2.75) is 25.9 Å². The smallest absolute Gasteiger partial charge is 0.254 e. The van der Waals surface area contributed by atoms with Crippen LogP contribution in [0.15, 0.2) is 61.1 Å². The SMILES string of the molecule is COc1cccc(C(=O)N2C[C@@H](Cn3ccc4nc(-c5cn[nH]c5)ccc43)C[C@@H]2C)c1. The van der Waals surface area contributed by atoms with Gasteiger partial charge in [-0.3, -0.25) is 9.89 Å². The monoisotopic (exact) mass is 415 g/mol. The first-order chi connectivity index (χ1) is 15.1. The maximum Gasteiger partial charge on any atom is 0.254 e. The number of ether oxygens (including phenoxy) is 1. The molecule has 4 aromatic rings. The molecule has 158 valence electrons. The quantitative estimate of drug-likeness (QED) is 0.535. The van der Waals surface area contributed by atoms with E-state index in [9.17, 15) is 4.79 Å². The minimum absolute atomic E-state index is 0.0673. The van der Waals surface area contributed by atoms with Gasteiger partial charge in [0.1, 0.15) is 5.75 Å². The normalized spacial score (nSPS) is 18.6. The molecule has 1 aliphatic rings. The topological polar surface area (TPSA) is 76.0 Å². The molecule has 0 aliphatic carbocycles. The van der Waals surface area contributed by atoms with Gasteiger partial charge >= 0.3 is 0 Å². The highest BCUT2D eigenvalue weighted by molar-refractivity contribution is 5.95. The second kappa shape index (κ2) is 7.91. The van der Waals surface area contributed by atoms with Crippen molar-refractivity contribution < 1.29 is 9.53 Å². The number of carbonyl (C=O) groups is 1. The van der Waals surface area contributed by atoms with E-state index in [1.54, 1.807) is 13.3 Å². The number of amides is 1. The molecule has 31 heavy (non-hydrogen) atoms. The molecule has 7 heteroatoms. The molecule has 1 saturated heterocycles. The van der Waals surface area contributed by atoms with Gasteiger partial charge < -0.3 is 14.2 Å². The second-order valence-electron chi connectivity index (χ2n) is 8.20. The lowest BCUT2D eigenvalue weighted by molar-refractivity contribution is 0.0742. The summed E-state index contributed by atoms with van der Waals surface area (Å²) in [6.07, 6.45) is 6.70. The minimum atomic E-state index is 0.0673. The Bertz CT molecular complexity index is 1210. The zero-order valence-corrected chi connectivity index (χ0v) is 17.7. The molecule has 7 nitrogen and oxygen atoms in total. The molecule has 3 aromatic heterocycles. The van der Waals surface area contributed by atoms with E-state index in [4.69, 9.17) is 9.72 Å². The molecular formula is C24H25N5O2. The van der Waals surface area contributed by atoms with Gasteiger partial charge in [0.25, 0.3) is 5.91 Å². The maximum absolute atomic E-state index is 13.1. The lowest BCUT2D eigenvalue weighted by Crippen LogP contribution is -2.34. The first kappa shape index (κ1) is 19.4. The number of carbonyl (C=O) groups excluding carboxylic acids is 1. The van der Waals surface area contributed by atoms with Gasteiger partial charge in [-0.15, -0.1) is 0 Å². The van der Waals surface area contributed by atoms with E-state index in [2.05, 4.69) is 40.0 Å². The van der Waals surface area contributed by atoms with Gasteiger partial charge in [-0.1, -0.05) is 6.07 Å². The average molecular weight is 415 g/mol.